The summed E-state index contributed by atoms with van der Waals surface area (Å²) < 4.78 is 26.3. The standard InChI is InChI=1S/C13H18F2N2/c1-17(7-6-16-12-3-4-12)9-10-8-11(14)2-5-13(10)15/h2,5,8,12,16H,3-4,6-7,9H2,1H3. The molecule has 1 fully saturated rings. The Labute approximate surface area is 101 Å². The Kier molecular flexibility index (Phi) is 4.07. The van der Waals surface area contributed by atoms with Crippen molar-refractivity contribution in [3.8, 4) is 0 Å². The molecule has 0 aromatic heterocycles. The zero-order valence-corrected chi connectivity index (χ0v) is 10.0. The normalized spacial score (nSPS) is 15.5. The van der Waals surface area contributed by atoms with Crippen LogP contribution in [0.3, 0.4) is 0 Å². The van der Waals surface area contributed by atoms with Crippen molar-refractivity contribution in [1.29, 1.82) is 0 Å². The van der Waals surface area contributed by atoms with Crippen molar-refractivity contribution in [3.05, 3.63) is 35.4 Å². The lowest BCUT2D eigenvalue weighted by molar-refractivity contribution is 0.318. The summed E-state index contributed by atoms with van der Waals surface area (Å²) in [5, 5.41) is 3.39. The second-order valence-corrected chi connectivity index (χ2v) is 4.70. The summed E-state index contributed by atoms with van der Waals surface area (Å²) in [6.45, 7) is 2.18. The first-order valence-electron chi connectivity index (χ1n) is 6.01. The van der Waals surface area contributed by atoms with Crippen LogP contribution in [0.4, 0.5) is 8.78 Å². The number of nitrogens with one attached hydrogen (secondary N) is 1. The lowest BCUT2D eigenvalue weighted by Gasteiger charge is -2.17. The molecule has 0 aliphatic heterocycles. The molecule has 1 aliphatic carbocycles. The molecule has 0 amide bonds. The molecule has 0 bridgehead atoms. The van der Waals surface area contributed by atoms with Crippen LogP contribution in [0.15, 0.2) is 18.2 Å². The average Bonchev–Trinajstić information content (AvgIpc) is 3.07. The number of likely N-dealkylation sites (N-methyl/N-ethyl adjacent to an activating group) is 1. The number of rotatable bonds is 6. The van der Waals surface area contributed by atoms with E-state index in [0.717, 1.165) is 19.2 Å². The molecule has 2 nitrogen and oxygen atoms in total. The quantitative estimate of drug-likeness (QED) is 0.819. The summed E-state index contributed by atoms with van der Waals surface area (Å²) in [6, 6.07) is 4.28. The molecule has 4 heteroatoms. The Morgan fingerprint density at radius 3 is 2.82 bits per heavy atom. The maximum atomic E-state index is 13.4. The van der Waals surface area contributed by atoms with Gasteiger partial charge in [0.15, 0.2) is 0 Å². The van der Waals surface area contributed by atoms with E-state index >= 15 is 0 Å². The molecule has 94 valence electrons. The van der Waals surface area contributed by atoms with Gasteiger partial charge in [-0.2, -0.15) is 0 Å². The Hall–Kier alpha value is -1.00. The fourth-order valence-corrected chi connectivity index (χ4v) is 1.78. The highest BCUT2D eigenvalue weighted by Gasteiger charge is 2.19. The van der Waals surface area contributed by atoms with Crippen molar-refractivity contribution in [1.82, 2.24) is 10.2 Å². The Morgan fingerprint density at radius 1 is 1.35 bits per heavy atom. The minimum Gasteiger partial charge on any atom is -0.313 e. The van der Waals surface area contributed by atoms with Gasteiger partial charge in [-0.3, -0.25) is 0 Å². The van der Waals surface area contributed by atoms with Crippen LogP contribution in [0.5, 0.6) is 0 Å². The topological polar surface area (TPSA) is 15.3 Å². The van der Waals surface area contributed by atoms with Crippen LogP contribution in [0, 0.1) is 11.6 Å². The van der Waals surface area contributed by atoms with E-state index in [1.807, 2.05) is 11.9 Å². The van der Waals surface area contributed by atoms with Crippen molar-refractivity contribution in [2.45, 2.75) is 25.4 Å². The van der Waals surface area contributed by atoms with Crippen molar-refractivity contribution in [2.75, 3.05) is 20.1 Å². The van der Waals surface area contributed by atoms with Crippen LogP contribution in [0.25, 0.3) is 0 Å². The predicted molar refractivity (Wildman–Crippen MR) is 63.7 cm³/mol. The first kappa shape index (κ1) is 12.5. The summed E-state index contributed by atoms with van der Waals surface area (Å²) in [7, 11) is 1.92. The summed E-state index contributed by atoms with van der Waals surface area (Å²) in [5.74, 6) is -0.723. The highest BCUT2D eigenvalue weighted by molar-refractivity contribution is 5.18. The van der Waals surface area contributed by atoms with Crippen LogP contribution < -0.4 is 5.32 Å². The lowest BCUT2D eigenvalue weighted by atomic mass is 10.2. The second kappa shape index (κ2) is 5.56. The lowest BCUT2D eigenvalue weighted by Crippen LogP contribution is -2.30. The van der Waals surface area contributed by atoms with Crippen LogP contribution in [-0.4, -0.2) is 31.1 Å². The monoisotopic (exact) mass is 240 g/mol. The van der Waals surface area contributed by atoms with Crippen molar-refractivity contribution in [3.63, 3.8) is 0 Å². The van der Waals surface area contributed by atoms with Gasteiger partial charge in [0.2, 0.25) is 0 Å². The Morgan fingerprint density at radius 2 is 2.12 bits per heavy atom. The smallest absolute Gasteiger partial charge is 0.127 e. The summed E-state index contributed by atoms with van der Waals surface area (Å²) in [5.41, 5.74) is 0.416. The van der Waals surface area contributed by atoms with Crippen LogP contribution in [0.1, 0.15) is 18.4 Å². The van der Waals surface area contributed by atoms with Crippen LogP contribution in [0.2, 0.25) is 0 Å². The van der Waals surface area contributed by atoms with Crippen molar-refractivity contribution in [2.24, 2.45) is 0 Å². The van der Waals surface area contributed by atoms with Crippen LogP contribution in [-0.2, 0) is 6.54 Å². The fourth-order valence-electron chi connectivity index (χ4n) is 1.78. The minimum absolute atomic E-state index is 0.339. The molecule has 1 aromatic rings. The highest BCUT2D eigenvalue weighted by Crippen LogP contribution is 2.18. The van der Waals surface area contributed by atoms with E-state index in [4.69, 9.17) is 0 Å². The van der Waals surface area contributed by atoms with E-state index in [0.29, 0.717) is 18.2 Å². The van der Waals surface area contributed by atoms with Gasteiger partial charge in [-0.05, 0) is 38.1 Å². The van der Waals surface area contributed by atoms with Gasteiger partial charge in [-0.15, -0.1) is 0 Å². The number of hydrogen-bond donors (Lipinski definition) is 1. The maximum absolute atomic E-state index is 13.4. The van der Waals surface area contributed by atoms with Gasteiger partial charge >= 0.3 is 0 Å². The zero-order chi connectivity index (χ0) is 12.3. The van der Waals surface area contributed by atoms with E-state index in [1.54, 1.807) is 0 Å². The van der Waals surface area contributed by atoms with Gasteiger partial charge in [-0.25, -0.2) is 8.78 Å². The fraction of sp³-hybridized carbons (Fsp3) is 0.538. The third-order valence-electron chi connectivity index (χ3n) is 2.95. The minimum atomic E-state index is -0.383. The largest absolute Gasteiger partial charge is 0.313 e. The number of hydrogen-bond acceptors (Lipinski definition) is 2. The first-order chi connectivity index (χ1) is 8.15. The predicted octanol–water partition coefficient (Wildman–Crippen LogP) is 2.15. The zero-order valence-electron chi connectivity index (χ0n) is 10.0. The summed E-state index contributed by atoms with van der Waals surface area (Å²) in [4.78, 5) is 1.99. The van der Waals surface area contributed by atoms with Crippen molar-refractivity contribution < 1.29 is 8.78 Å². The number of nitrogens with zero attached hydrogens (tertiary/aromatic N) is 1. The molecule has 0 spiro atoms. The Balaban J connectivity index is 1.79. The van der Waals surface area contributed by atoms with E-state index in [2.05, 4.69) is 5.32 Å². The molecule has 0 radical (unpaired) electrons. The van der Waals surface area contributed by atoms with Gasteiger partial charge in [0.05, 0.1) is 0 Å². The molecule has 0 unspecified atom stereocenters. The SMILES string of the molecule is CN(CCNC1CC1)Cc1cc(F)ccc1F. The molecule has 0 atom stereocenters. The molecule has 1 N–H and O–H groups in total. The molecule has 17 heavy (non-hydrogen) atoms. The third-order valence-corrected chi connectivity index (χ3v) is 2.95. The van der Waals surface area contributed by atoms with E-state index in [1.165, 1.54) is 25.0 Å². The molecule has 0 saturated heterocycles. The molecule has 1 aliphatic rings. The number of halogens is 2. The van der Waals surface area contributed by atoms with Gasteiger partial charge in [0.1, 0.15) is 11.6 Å². The number of benzene rings is 1. The molecule has 1 aromatic carbocycles. The molecular weight excluding hydrogens is 222 g/mol. The Bertz CT molecular complexity index is 378. The van der Waals surface area contributed by atoms with E-state index in [-0.39, 0.29) is 11.6 Å². The van der Waals surface area contributed by atoms with E-state index < -0.39 is 0 Å². The van der Waals surface area contributed by atoms with Crippen molar-refractivity contribution >= 4 is 0 Å². The first-order valence-corrected chi connectivity index (χ1v) is 6.01. The molecule has 0 heterocycles. The van der Waals surface area contributed by atoms with Gasteiger partial charge in [0, 0.05) is 31.2 Å². The van der Waals surface area contributed by atoms with Gasteiger partial charge in [0.25, 0.3) is 0 Å². The molecule has 1 saturated carbocycles. The summed E-state index contributed by atoms with van der Waals surface area (Å²) >= 11 is 0. The van der Waals surface area contributed by atoms with E-state index in [9.17, 15) is 8.78 Å². The average molecular weight is 240 g/mol. The summed E-state index contributed by atoms with van der Waals surface area (Å²) in [6.07, 6.45) is 2.53. The third kappa shape index (κ3) is 4.06. The second-order valence-electron chi connectivity index (χ2n) is 4.70. The maximum Gasteiger partial charge on any atom is 0.127 e. The van der Waals surface area contributed by atoms with Gasteiger partial charge in [-0.1, -0.05) is 0 Å². The molecular formula is C13H18F2N2. The highest BCUT2D eigenvalue weighted by atomic mass is 19.1. The molecule has 2 rings (SSSR count). The van der Waals surface area contributed by atoms with Crippen LogP contribution >= 0.6 is 0 Å². The van der Waals surface area contributed by atoms with Gasteiger partial charge < -0.3 is 10.2 Å².